The predicted molar refractivity (Wildman–Crippen MR) is 93.2 cm³/mol. The number of hydrogen-bond donors (Lipinski definition) is 2. The van der Waals surface area contributed by atoms with Gasteiger partial charge < -0.3 is 15.2 Å². The lowest BCUT2D eigenvalue weighted by molar-refractivity contribution is 0.102. The van der Waals surface area contributed by atoms with E-state index in [1.165, 1.54) is 6.20 Å². The highest BCUT2D eigenvalue weighted by molar-refractivity contribution is 6.35. The topological polar surface area (TPSA) is 80.0 Å². The Bertz CT molecular complexity index is 858. The van der Waals surface area contributed by atoms with E-state index < -0.39 is 0 Å². The molecule has 0 unspecified atom stereocenters. The number of rotatable bonds is 4. The number of hydrogen-bond acceptors (Lipinski definition) is 5. The summed E-state index contributed by atoms with van der Waals surface area (Å²) in [5.41, 5.74) is 1.68. The Morgan fingerprint density at radius 3 is 2.42 bits per heavy atom. The predicted octanol–water partition coefficient (Wildman–Crippen LogP) is 4.68. The van der Waals surface area contributed by atoms with Gasteiger partial charge in [0, 0.05) is 21.8 Å². The average Bonchev–Trinajstić information content (AvgIpc) is 2.92. The molecule has 2 aromatic heterocycles. The SMILES string of the molecule is Cc1cc(NC(=O)c2ccc(Nc3cc(Cl)cc(Cl)c3)cn2)no1. The second-order valence-electron chi connectivity index (χ2n) is 4.99. The van der Waals surface area contributed by atoms with Gasteiger partial charge in [0.2, 0.25) is 0 Å². The van der Waals surface area contributed by atoms with Gasteiger partial charge in [-0.05, 0) is 37.3 Å². The summed E-state index contributed by atoms with van der Waals surface area (Å²) in [4.78, 5) is 16.2. The molecule has 0 aliphatic carbocycles. The van der Waals surface area contributed by atoms with Crippen LogP contribution in [0.3, 0.4) is 0 Å². The van der Waals surface area contributed by atoms with Gasteiger partial charge in [0.15, 0.2) is 5.82 Å². The van der Waals surface area contributed by atoms with Crippen molar-refractivity contribution in [3.8, 4) is 0 Å². The first kappa shape index (κ1) is 16.3. The van der Waals surface area contributed by atoms with Crippen molar-refractivity contribution in [3.63, 3.8) is 0 Å². The second kappa shape index (κ2) is 6.90. The minimum Gasteiger partial charge on any atom is -0.360 e. The Balaban J connectivity index is 1.69. The molecule has 0 saturated carbocycles. The van der Waals surface area contributed by atoms with Gasteiger partial charge >= 0.3 is 0 Å². The van der Waals surface area contributed by atoms with Crippen LogP contribution in [0, 0.1) is 6.92 Å². The van der Waals surface area contributed by atoms with E-state index in [1.54, 1.807) is 43.3 Å². The van der Waals surface area contributed by atoms with Crippen LogP contribution in [0.25, 0.3) is 0 Å². The lowest BCUT2D eigenvalue weighted by atomic mass is 10.3. The lowest BCUT2D eigenvalue weighted by Gasteiger charge is -2.08. The molecule has 2 heterocycles. The summed E-state index contributed by atoms with van der Waals surface area (Å²) in [5, 5.41) is 10.5. The molecule has 6 nitrogen and oxygen atoms in total. The van der Waals surface area contributed by atoms with Gasteiger partial charge in [0.05, 0.1) is 11.9 Å². The van der Waals surface area contributed by atoms with Crippen LogP contribution < -0.4 is 10.6 Å². The fourth-order valence-corrected chi connectivity index (χ4v) is 2.53. The number of amides is 1. The third-order valence-electron chi connectivity index (χ3n) is 3.02. The summed E-state index contributed by atoms with van der Waals surface area (Å²) in [7, 11) is 0. The Hall–Kier alpha value is -2.57. The van der Waals surface area contributed by atoms with E-state index in [0.717, 1.165) is 5.69 Å². The van der Waals surface area contributed by atoms with Gasteiger partial charge in [-0.25, -0.2) is 4.98 Å². The highest BCUT2D eigenvalue weighted by Gasteiger charge is 2.10. The molecule has 3 rings (SSSR count). The largest absolute Gasteiger partial charge is 0.360 e. The molecule has 2 N–H and O–H groups in total. The molecule has 3 aromatic rings. The number of nitrogens with zero attached hydrogens (tertiary/aromatic N) is 2. The van der Waals surface area contributed by atoms with E-state index in [2.05, 4.69) is 20.8 Å². The standard InChI is InChI=1S/C16H12Cl2N4O2/c1-9-4-15(22-24-9)21-16(23)14-3-2-12(8-19-14)20-13-6-10(17)5-11(18)7-13/h2-8,20H,1H3,(H,21,22,23). The number of halogens is 2. The number of benzene rings is 1. The zero-order valence-electron chi connectivity index (χ0n) is 12.5. The van der Waals surface area contributed by atoms with E-state index in [0.29, 0.717) is 27.3 Å². The Morgan fingerprint density at radius 2 is 1.83 bits per heavy atom. The Morgan fingerprint density at radius 1 is 1.08 bits per heavy atom. The van der Waals surface area contributed by atoms with Gasteiger partial charge in [0.25, 0.3) is 5.91 Å². The summed E-state index contributed by atoms with van der Waals surface area (Å²) in [6.07, 6.45) is 1.54. The normalized spacial score (nSPS) is 10.5. The summed E-state index contributed by atoms with van der Waals surface area (Å²) >= 11 is 11.9. The van der Waals surface area contributed by atoms with Gasteiger partial charge in [-0.1, -0.05) is 28.4 Å². The van der Waals surface area contributed by atoms with Crippen LogP contribution in [-0.2, 0) is 0 Å². The van der Waals surface area contributed by atoms with Crippen molar-refractivity contribution < 1.29 is 9.32 Å². The molecule has 122 valence electrons. The van der Waals surface area contributed by atoms with Crippen LogP contribution in [0.5, 0.6) is 0 Å². The van der Waals surface area contributed by atoms with Crippen molar-refractivity contribution in [2.45, 2.75) is 6.92 Å². The van der Waals surface area contributed by atoms with Gasteiger partial charge in [0.1, 0.15) is 11.5 Å². The second-order valence-corrected chi connectivity index (χ2v) is 5.87. The van der Waals surface area contributed by atoms with E-state index in [4.69, 9.17) is 27.7 Å². The molecule has 0 fully saturated rings. The maximum Gasteiger partial charge on any atom is 0.275 e. The minimum atomic E-state index is -0.374. The number of carbonyl (C=O) groups is 1. The number of aryl methyl sites for hydroxylation is 1. The van der Waals surface area contributed by atoms with Gasteiger partial charge in [-0.15, -0.1) is 0 Å². The fraction of sp³-hybridized carbons (Fsp3) is 0.0625. The molecule has 8 heteroatoms. The molecule has 0 saturated heterocycles. The van der Waals surface area contributed by atoms with E-state index in [9.17, 15) is 4.79 Å². The van der Waals surface area contributed by atoms with Crippen molar-refractivity contribution >= 4 is 46.3 Å². The zero-order valence-corrected chi connectivity index (χ0v) is 14.0. The highest BCUT2D eigenvalue weighted by atomic mass is 35.5. The number of anilines is 3. The van der Waals surface area contributed by atoms with E-state index >= 15 is 0 Å². The van der Waals surface area contributed by atoms with Crippen molar-refractivity contribution in [2.75, 3.05) is 10.6 Å². The molecule has 0 aliphatic rings. The molecule has 1 aromatic carbocycles. The molecule has 0 aliphatic heterocycles. The molecule has 0 bridgehead atoms. The summed E-state index contributed by atoms with van der Waals surface area (Å²) < 4.78 is 4.89. The van der Waals surface area contributed by atoms with Crippen LogP contribution in [0.15, 0.2) is 47.1 Å². The molecule has 24 heavy (non-hydrogen) atoms. The first-order valence-corrected chi connectivity index (χ1v) is 7.69. The summed E-state index contributed by atoms with van der Waals surface area (Å²) in [6, 6.07) is 10.1. The first-order chi connectivity index (χ1) is 11.5. The van der Waals surface area contributed by atoms with Crippen LogP contribution in [0.1, 0.15) is 16.2 Å². The monoisotopic (exact) mass is 362 g/mol. The molecular weight excluding hydrogens is 351 g/mol. The quantitative estimate of drug-likeness (QED) is 0.704. The Kier molecular flexibility index (Phi) is 4.69. The van der Waals surface area contributed by atoms with Crippen molar-refractivity contribution in [1.82, 2.24) is 10.1 Å². The summed E-state index contributed by atoms with van der Waals surface area (Å²) in [5.74, 6) is 0.578. The Labute approximate surface area is 147 Å². The van der Waals surface area contributed by atoms with Crippen LogP contribution in [-0.4, -0.2) is 16.0 Å². The maximum atomic E-state index is 12.1. The van der Waals surface area contributed by atoms with E-state index in [1.807, 2.05) is 0 Å². The van der Waals surface area contributed by atoms with E-state index in [-0.39, 0.29) is 11.6 Å². The summed E-state index contributed by atoms with van der Waals surface area (Å²) in [6.45, 7) is 1.74. The van der Waals surface area contributed by atoms with Crippen LogP contribution in [0.4, 0.5) is 17.2 Å². The van der Waals surface area contributed by atoms with Crippen molar-refractivity contribution in [2.24, 2.45) is 0 Å². The number of nitrogens with one attached hydrogen (secondary N) is 2. The average molecular weight is 363 g/mol. The van der Waals surface area contributed by atoms with Crippen LogP contribution >= 0.6 is 23.2 Å². The van der Waals surface area contributed by atoms with Crippen molar-refractivity contribution in [3.05, 3.63) is 64.1 Å². The van der Waals surface area contributed by atoms with Crippen LogP contribution in [0.2, 0.25) is 10.0 Å². The molecular formula is C16H12Cl2N4O2. The molecule has 0 spiro atoms. The number of aromatic nitrogens is 2. The zero-order chi connectivity index (χ0) is 17.1. The van der Waals surface area contributed by atoms with Gasteiger partial charge in [-0.2, -0.15) is 0 Å². The fourth-order valence-electron chi connectivity index (χ4n) is 2.00. The highest BCUT2D eigenvalue weighted by Crippen LogP contribution is 2.25. The first-order valence-electron chi connectivity index (χ1n) is 6.93. The number of pyridine rings is 1. The smallest absolute Gasteiger partial charge is 0.275 e. The lowest BCUT2D eigenvalue weighted by Crippen LogP contribution is -2.13. The number of carbonyl (C=O) groups excluding carboxylic acids is 1. The molecule has 0 atom stereocenters. The van der Waals surface area contributed by atoms with Crippen molar-refractivity contribution in [1.29, 1.82) is 0 Å². The third kappa shape index (κ3) is 4.04. The maximum absolute atomic E-state index is 12.1. The molecule has 0 radical (unpaired) electrons. The van der Waals surface area contributed by atoms with Gasteiger partial charge in [-0.3, -0.25) is 4.79 Å². The third-order valence-corrected chi connectivity index (χ3v) is 3.45. The molecule has 1 amide bonds. The minimum absolute atomic E-state index is 0.255.